The van der Waals surface area contributed by atoms with Crippen LogP contribution in [0.2, 0.25) is 0 Å². The highest BCUT2D eigenvalue weighted by Crippen LogP contribution is 2.22. The van der Waals surface area contributed by atoms with Gasteiger partial charge in [0.05, 0.1) is 0 Å². The average Bonchev–Trinajstić information content (AvgIpc) is 2.19. The summed E-state index contributed by atoms with van der Waals surface area (Å²) >= 11 is 2.08. The lowest BCUT2D eigenvalue weighted by Gasteiger charge is -2.03. The topological polar surface area (TPSA) is 12.0 Å². The van der Waals surface area contributed by atoms with Crippen molar-refractivity contribution in [3.05, 3.63) is 0 Å². The van der Waals surface area contributed by atoms with Crippen LogP contribution >= 0.6 is 11.8 Å². The molecule has 0 aliphatic carbocycles. The Hall–Kier alpha value is 0.310. The second kappa shape index (κ2) is 3.36. The predicted octanol–water partition coefficient (Wildman–Crippen LogP) is 0.959. The molecule has 0 aromatic rings. The third-order valence-corrected chi connectivity index (χ3v) is 2.75. The molecule has 8 heavy (non-hydrogen) atoms. The van der Waals surface area contributed by atoms with Gasteiger partial charge in [0.1, 0.15) is 0 Å². The van der Waals surface area contributed by atoms with Crippen molar-refractivity contribution >= 4 is 11.8 Å². The Labute approximate surface area is 55.2 Å². The Morgan fingerprint density at radius 1 is 1.75 bits per heavy atom. The Balaban J connectivity index is 2.06. The molecule has 0 amide bonds. The molecule has 1 atom stereocenters. The van der Waals surface area contributed by atoms with Gasteiger partial charge in [-0.1, -0.05) is 0 Å². The zero-order valence-corrected chi connectivity index (χ0v) is 6.13. The Bertz CT molecular complexity index is 59.5. The van der Waals surface area contributed by atoms with Gasteiger partial charge >= 0.3 is 0 Å². The molecular formula is C6H13NS. The molecular weight excluding hydrogens is 118 g/mol. The van der Waals surface area contributed by atoms with E-state index in [1.165, 1.54) is 24.5 Å². The van der Waals surface area contributed by atoms with Gasteiger partial charge in [-0.15, -0.1) is 0 Å². The summed E-state index contributed by atoms with van der Waals surface area (Å²) in [7, 11) is 2.03. The monoisotopic (exact) mass is 131 g/mol. The molecule has 1 heterocycles. The minimum atomic E-state index is 0.963. The molecule has 1 nitrogen and oxygen atoms in total. The molecule has 48 valence electrons. The van der Waals surface area contributed by atoms with Crippen molar-refractivity contribution in [3.63, 3.8) is 0 Å². The van der Waals surface area contributed by atoms with E-state index in [0.29, 0.717) is 0 Å². The van der Waals surface area contributed by atoms with Gasteiger partial charge in [0.15, 0.2) is 0 Å². The summed E-state index contributed by atoms with van der Waals surface area (Å²) in [5, 5.41) is 3.20. The smallest absolute Gasteiger partial charge is 0.00153 e. The molecule has 2 heteroatoms. The van der Waals surface area contributed by atoms with Crippen LogP contribution in [-0.2, 0) is 0 Å². The fourth-order valence-corrected chi connectivity index (χ4v) is 2.32. The van der Waals surface area contributed by atoms with Crippen molar-refractivity contribution < 1.29 is 0 Å². The van der Waals surface area contributed by atoms with Gasteiger partial charge < -0.3 is 5.32 Å². The molecule has 1 aliphatic rings. The van der Waals surface area contributed by atoms with E-state index in [4.69, 9.17) is 0 Å². The summed E-state index contributed by atoms with van der Waals surface area (Å²) in [6.07, 6.45) is 1.42. The molecule has 0 aromatic carbocycles. The van der Waals surface area contributed by atoms with Crippen LogP contribution in [0.3, 0.4) is 0 Å². The van der Waals surface area contributed by atoms with E-state index in [1.807, 2.05) is 7.05 Å². The van der Waals surface area contributed by atoms with Crippen molar-refractivity contribution in [2.24, 2.45) is 5.92 Å². The van der Waals surface area contributed by atoms with Crippen molar-refractivity contribution in [2.75, 3.05) is 25.1 Å². The third-order valence-electron chi connectivity index (χ3n) is 1.52. The van der Waals surface area contributed by atoms with Crippen molar-refractivity contribution in [1.82, 2.24) is 5.32 Å². The van der Waals surface area contributed by atoms with E-state index in [9.17, 15) is 0 Å². The first-order valence-corrected chi connectivity index (χ1v) is 4.31. The van der Waals surface area contributed by atoms with Gasteiger partial charge in [-0.2, -0.15) is 11.8 Å². The molecule has 1 aliphatic heterocycles. The van der Waals surface area contributed by atoms with E-state index in [0.717, 1.165) is 5.92 Å². The van der Waals surface area contributed by atoms with Gasteiger partial charge in [-0.25, -0.2) is 0 Å². The van der Waals surface area contributed by atoms with Crippen LogP contribution in [0, 0.1) is 5.92 Å². The highest BCUT2D eigenvalue weighted by Gasteiger charge is 2.13. The minimum absolute atomic E-state index is 0.963. The van der Waals surface area contributed by atoms with Gasteiger partial charge in [-0.05, 0) is 37.4 Å². The van der Waals surface area contributed by atoms with Crippen molar-refractivity contribution in [3.8, 4) is 0 Å². The maximum Gasteiger partial charge on any atom is -0.00153 e. The zero-order chi connectivity index (χ0) is 5.82. The first-order chi connectivity index (χ1) is 3.93. The molecule has 0 saturated carbocycles. The van der Waals surface area contributed by atoms with E-state index >= 15 is 0 Å². The fraction of sp³-hybridized carbons (Fsp3) is 1.00. The summed E-state index contributed by atoms with van der Waals surface area (Å²) in [4.78, 5) is 0. The van der Waals surface area contributed by atoms with Gasteiger partial charge in [-0.3, -0.25) is 0 Å². The number of hydrogen-bond acceptors (Lipinski definition) is 2. The highest BCUT2D eigenvalue weighted by molar-refractivity contribution is 7.99. The molecule has 0 bridgehead atoms. The summed E-state index contributed by atoms with van der Waals surface area (Å²) in [5.74, 6) is 3.72. The molecule has 0 radical (unpaired) electrons. The Morgan fingerprint density at radius 3 is 3.12 bits per heavy atom. The molecule has 1 rings (SSSR count). The standard InChI is InChI=1S/C6H13NS/c1-7-4-6-2-3-8-5-6/h6-7H,2-5H2,1H3. The predicted molar refractivity (Wildman–Crippen MR) is 39.4 cm³/mol. The quantitative estimate of drug-likeness (QED) is 0.599. The van der Waals surface area contributed by atoms with Crippen LogP contribution in [-0.4, -0.2) is 25.1 Å². The number of rotatable bonds is 2. The number of thioether (sulfide) groups is 1. The normalized spacial score (nSPS) is 28.9. The molecule has 1 unspecified atom stereocenters. The Morgan fingerprint density at radius 2 is 2.62 bits per heavy atom. The van der Waals surface area contributed by atoms with E-state index < -0.39 is 0 Å². The summed E-state index contributed by atoms with van der Waals surface area (Å²) in [5.41, 5.74) is 0. The maximum atomic E-state index is 3.20. The van der Waals surface area contributed by atoms with Gasteiger partial charge in [0, 0.05) is 0 Å². The molecule has 1 saturated heterocycles. The van der Waals surface area contributed by atoms with Crippen molar-refractivity contribution in [1.29, 1.82) is 0 Å². The van der Waals surface area contributed by atoms with Gasteiger partial charge in [0.2, 0.25) is 0 Å². The lowest BCUT2D eigenvalue weighted by Crippen LogP contribution is -2.17. The summed E-state index contributed by atoms with van der Waals surface area (Å²) in [6.45, 7) is 1.22. The van der Waals surface area contributed by atoms with E-state index in [2.05, 4.69) is 17.1 Å². The molecule has 0 spiro atoms. The Kier molecular flexibility index (Phi) is 2.70. The van der Waals surface area contributed by atoms with E-state index in [-0.39, 0.29) is 0 Å². The molecule has 1 fully saturated rings. The van der Waals surface area contributed by atoms with E-state index in [1.54, 1.807) is 0 Å². The zero-order valence-electron chi connectivity index (χ0n) is 5.31. The summed E-state index contributed by atoms with van der Waals surface area (Å²) in [6, 6.07) is 0. The van der Waals surface area contributed by atoms with Gasteiger partial charge in [0.25, 0.3) is 0 Å². The van der Waals surface area contributed by atoms with Crippen molar-refractivity contribution in [2.45, 2.75) is 6.42 Å². The van der Waals surface area contributed by atoms with Crippen LogP contribution in [0.15, 0.2) is 0 Å². The highest BCUT2D eigenvalue weighted by atomic mass is 32.2. The van der Waals surface area contributed by atoms with Crippen LogP contribution in [0.5, 0.6) is 0 Å². The third kappa shape index (κ3) is 1.67. The fourth-order valence-electron chi connectivity index (χ4n) is 1.03. The van der Waals surface area contributed by atoms with Crippen LogP contribution in [0.1, 0.15) is 6.42 Å². The molecule has 0 aromatic heterocycles. The summed E-state index contributed by atoms with van der Waals surface area (Å²) < 4.78 is 0. The minimum Gasteiger partial charge on any atom is -0.319 e. The van der Waals surface area contributed by atoms with Crippen LogP contribution in [0.25, 0.3) is 0 Å². The lowest BCUT2D eigenvalue weighted by atomic mass is 10.1. The second-order valence-corrected chi connectivity index (χ2v) is 3.44. The molecule has 1 N–H and O–H groups in total. The number of nitrogens with one attached hydrogen (secondary N) is 1. The second-order valence-electron chi connectivity index (χ2n) is 2.29. The maximum absolute atomic E-state index is 3.20. The first kappa shape index (κ1) is 6.43. The largest absolute Gasteiger partial charge is 0.319 e. The lowest BCUT2D eigenvalue weighted by molar-refractivity contribution is 0.557. The first-order valence-electron chi connectivity index (χ1n) is 3.16. The van der Waals surface area contributed by atoms with Crippen LogP contribution < -0.4 is 5.32 Å². The van der Waals surface area contributed by atoms with Crippen LogP contribution in [0.4, 0.5) is 0 Å². The average molecular weight is 131 g/mol. The SMILES string of the molecule is CNCC1CCSC1. The number of hydrogen-bond donors (Lipinski definition) is 1.